The predicted octanol–water partition coefficient (Wildman–Crippen LogP) is 6.50. The summed E-state index contributed by atoms with van der Waals surface area (Å²) in [6.07, 6.45) is 0.288. The predicted molar refractivity (Wildman–Crippen MR) is 134 cm³/mol. The SMILES string of the molecule is CCOC(=O)N1c2cc(C)c(C)cc2N(C(=O)c2ccccc2Oc2ccccc2)CC1CC. The Morgan fingerprint density at radius 2 is 1.56 bits per heavy atom. The van der Waals surface area contributed by atoms with Gasteiger partial charge in [0.25, 0.3) is 5.91 Å². The van der Waals surface area contributed by atoms with Crippen molar-refractivity contribution in [3.63, 3.8) is 0 Å². The molecule has 0 saturated carbocycles. The molecule has 0 aliphatic carbocycles. The van der Waals surface area contributed by atoms with E-state index in [1.807, 2.05) is 75.4 Å². The van der Waals surface area contributed by atoms with Crippen molar-refractivity contribution in [2.24, 2.45) is 0 Å². The molecule has 1 unspecified atom stereocenters. The third kappa shape index (κ3) is 4.49. The molecule has 3 aromatic rings. The first-order chi connectivity index (χ1) is 16.4. The lowest BCUT2D eigenvalue weighted by Gasteiger charge is -2.42. The number of aryl methyl sites for hydroxylation is 2. The Bertz CT molecular complexity index is 1190. The van der Waals surface area contributed by atoms with Gasteiger partial charge in [-0.05, 0) is 74.7 Å². The van der Waals surface area contributed by atoms with Crippen LogP contribution in [0.15, 0.2) is 66.7 Å². The van der Waals surface area contributed by atoms with Gasteiger partial charge in [0.05, 0.1) is 29.6 Å². The molecular weight excluding hydrogens is 428 g/mol. The summed E-state index contributed by atoms with van der Waals surface area (Å²) in [7, 11) is 0. The molecule has 6 heteroatoms. The minimum Gasteiger partial charge on any atom is -0.457 e. The number of carbonyl (C=O) groups is 2. The molecule has 0 N–H and O–H groups in total. The second kappa shape index (κ2) is 10.00. The molecule has 1 aliphatic heterocycles. The van der Waals surface area contributed by atoms with Crippen LogP contribution in [0.4, 0.5) is 16.2 Å². The van der Waals surface area contributed by atoms with Crippen LogP contribution in [-0.2, 0) is 4.74 Å². The summed E-state index contributed by atoms with van der Waals surface area (Å²) in [5, 5.41) is 0. The zero-order valence-corrected chi connectivity index (χ0v) is 20.1. The highest BCUT2D eigenvalue weighted by molar-refractivity contribution is 6.11. The number of benzene rings is 3. The summed E-state index contributed by atoms with van der Waals surface area (Å²) in [4.78, 5) is 30.3. The minimum atomic E-state index is -0.390. The zero-order chi connectivity index (χ0) is 24.2. The Morgan fingerprint density at radius 1 is 0.912 bits per heavy atom. The first-order valence-electron chi connectivity index (χ1n) is 11.7. The lowest BCUT2D eigenvalue weighted by molar-refractivity contribution is 0.0979. The molecule has 34 heavy (non-hydrogen) atoms. The van der Waals surface area contributed by atoms with E-state index in [0.717, 1.165) is 11.1 Å². The maximum atomic E-state index is 13.9. The molecule has 3 aromatic carbocycles. The molecule has 0 radical (unpaired) electrons. The Balaban J connectivity index is 1.78. The summed E-state index contributed by atoms with van der Waals surface area (Å²) in [5.74, 6) is 0.983. The van der Waals surface area contributed by atoms with Crippen molar-refractivity contribution in [1.29, 1.82) is 0 Å². The third-order valence-electron chi connectivity index (χ3n) is 6.17. The lowest BCUT2D eigenvalue weighted by atomic mass is 9.99. The average molecular weight is 459 g/mol. The van der Waals surface area contributed by atoms with Gasteiger partial charge in [-0.3, -0.25) is 9.69 Å². The smallest absolute Gasteiger partial charge is 0.414 e. The number of hydrogen-bond donors (Lipinski definition) is 0. The Labute approximate surface area is 200 Å². The fourth-order valence-electron chi connectivity index (χ4n) is 4.22. The number of fused-ring (bicyclic) bond motifs is 1. The topological polar surface area (TPSA) is 59.1 Å². The highest BCUT2D eigenvalue weighted by atomic mass is 16.6. The van der Waals surface area contributed by atoms with Crippen molar-refractivity contribution in [2.75, 3.05) is 23.0 Å². The Kier molecular flexibility index (Phi) is 6.87. The van der Waals surface area contributed by atoms with Crippen molar-refractivity contribution >= 4 is 23.4 Å². The van der Waals surface area contributed by atoms with Gasteiger partial charge in [-0.15, -0.1) is 0 Å². The van der Waals surface area contributed by atoms with Crippen LogP contribution in [0.5, 0.6) is 11.5 Å². The molecule has 1 aliphatic rings. The average Bonchev–Trinajstić information content (AvgIpc) is 2.84. The molecule has 2 amide bonds. The van der Waals surface area contributed by atoms with E-state index in [9.17, 15) is 9.59 Å². The van der Waals surface area contributed by atoms with Crippen LogP contribution in [0.25, 0.3) is 0 Å². The zero-order valence-electron chi connectivity index (χ0n) is 20.1. The van der Waals surface area contributed by atoms with Crippen molar-refractivity contribution in [3.8, 4) is 11.5 Å². The van der Waals surface area contributed by atoms with Crippen LogP contribution in [0.1, 0.15) is 41.8 Å². The van der Waals surface area contributed by atoms with E-state index < -0.39 is 6.09 Å². The van der Waals surface area contributed by atoms with Crippen molar-refractivity contribution in [2.45, 2.75) is 40.2 Å². The Hall–Kier alpha value is -3.80. The molecular formula is C28H30N2O4. The maximum absolute atomic E-state index is 13.9. The normalized spacial score (nSPS) is 15.0. The lowest BCUT2D eigenvalue weighted by Crippen LogP contribution is -2.53. The van der Waals surface area contributed by atoms with E-state index in [1.165, 1.54) is 0 Å². The van der Waals surface area contributed by atoms with Gasteiger partial charge >= 0.3 is 6.09 Å². The number of nitrogens with zero attached hydrogens (tertiary/aromatic N) is 2. The standard InChI is InChI=1S/C28H30N2O4/c1-5-21-18-29(24-16-19(3)20(4)17-25(24)30(21)28(32)33-6-2)27(31)23-14-10-11-15-26(23)34-22-12-8-7-9-13-22/h7-17,21H,5-6,18H2,1-4H3. The highest BCUT2D eigenvalue weighted by Gasteiger charge is 2.38. The maximum Gasteiger partial charge on any atom is 0.414 e. The first kappa shape index (κ1) is 23.4. The van der Waals surface area contributed by atoms with Crippen LogP contribution < -0.4 is 14.5 Å². The number of amides is 2. The largest absolute Gasteiger partial charge is 0.457 e. The van der Waals surface area contributed by atoms with Gasteiger partial charge < -0.3 is 14.4 Å². The van der Waals surface area contributed by atoms with E-state index in [-0.39, 0.29) is 11.9 Å². The highest BCUT2D eigenvalue weighted by Crippen LogP contribution is 2.40. The van der Waals surface area contributed by atoms with Gasteiger partial charge in [0.15, 0.2) is 0 Å². The number of anilines is 2. The molecule has 6 nitrogen and oxygen atoms in total. The summed E-state index contributed by atoms with van der Waals surface area (Å²) in [5.41, 5.74) is 3.94. The number of carbonyl (C=O) groups excluding carboxylic acids is 2. The van der Waals surface area contributed by atoms with Gasteiger partial charge in [0, 0.05) is 6.54 Å². The number of hydrogen-bond acceptors (Lipinski definition) is 4. The molecule has 1 heterocycles. The van der Waals surface area contributed by atoms with Crippen molar-refractivity contribution < 1.29 is 19.1 Å². The third-order valence-corrected chi connectivity index (χ3v) is 6.17. The van der Waals surface area contributed by atoms with Gasteiger partial charge in [-0.1, -0.05) is 37.3 Å². The van der Waals surface area contributed by atoms with Crippen LogP contribution in [0, 0.1) is 13.8 Å². The molecule has 4 rings (SSSR count). The molecule has 0 bridgehead atoms. The van der Waals surface area contributed by atoms with Gasteiger partial charge in [-0.25, -0.2) is 4.79 Å². The number of rotatable bonds is 5. The number of ether oxygens (including phenoxy) is 2. The van der Waals surface area contributed by atoms with Gasteiger partial charge in [-0.2, -0.15) is 0 Å². The molecule has 0 saturated heterocycles. The van der Waals surface area contributed by atoms with Crippen molar-refractivity contribution in [1.82, 2.24) is 0 Å². The van der Waals surface area contributed by atoms with E-state index in [2.05, 4.69) is 0 Å². The summed E-state index contributed by atoms with van der Waals surface area (Å²) < 4.78 is 11.4. The quantitative estimate of drug-likeness (QED) is 0.438. The fraction of sp³-hybridized carbons (Fsp3) is 0.286. The summed E-state index contributed by atoms with van der Waals surface area (Å²) in [6, 6.07) is 20.4. The fourth-order valence-corrected chi connectivity index (χ4v) is 4.22. The van der Waals surface area contributed by atoms with E-state index in [0.29, 0.717) is 48.0 Å². The molecule has 0 spiro atoms. The van der Waals surface area contributed by atoms with Crippen LogP contribution >= 0.6 is 0 Å². The first-order valence-corrected chi connectivity index (χ1v) is 11.7. The molecule has 0 fully saturated rings. The van der Waals surface area contributed by atoms with Crippen LogP contribution in [-0.4, -0.2) is 31.2 Å². The van der Waals surface area contributed by atoms with Crippen LogP contribution in [0.3, 0.4) is 0 Å². The summed E-state index contributed by atoms with van der Waals surface area (Å²) >= 11 is 0. The molecule has 0 aromatic heterocycles. The van der Waals surface area contributed by atoms with E-state index in [1.54, 1.807) is 28.9 Å². The second-order valence-electron chi connectivity index (χ2n) is 8.38. The van der Waals surface area contributed by atoms with E-state index in [4.69, 9.17) is 9.47 Å². The van der Waals surface area contributed by atoms with Crippen molar-refractivity contribution in [3.05, 3.63) is 83.4 Å². The number of para-hydroxylation sites is 2. The second-order valence-corrected chi connectivity index (χ2v) is 8.38. The minimum absolute atomic E-state index is 0.169. The summed E-state index contributed by atoms with van der Waals surface area (Å²) in [6.45, 7) is 8.47. The van der Waals surface area contributed by atoms with E-state index >= 15 is 0 Å². The molecule has 176 valence electrons. The van der Waals surface area contributed by atoms with Crippen LogP contribution in [0.2, 0.25) is 0 Å². The van der Waals surface area contributed by atoms with Gasteiger partial charge in [0.2, 0.25) is 0 Å². The molecule has 1 atom stereocenters. The monoisotopic (exact) mass is 458 g/mol. The van der Waals surface area contributed by atoms with Gasteiger partial charge in [0.1, 0.15) is 11.5 Å². The Morgan fingerprint density at radius 3 is 2.24 bits per heavy atom.